The zero-order valence-electron chi connectivity index (χ0n) is 11.5. The average molecular weight is 433 g/mol. The lowest BCUT2D eigenvalue weighted by molar-refractivity contribution is 0.190. The van der Waals surface area contributed by atoms with Crippen molar-refractivity contribution < 1.29 is 4.74 Å². The fourth-order valence-electron chi connectivity index (χ4n) is 2.33. The van der Waals surface area contributed by atoms with Crippen molar-refractivity contribution in [2.24, 2.45) is 5.73 Å². The Kier molecular flexibility index (Phi) is 11.0. The molecule has 0 saturated carbocycles. The molecule has 1 heterocycles. The normalized spacial score (nSPS) is 18.8. The maximum Gasteiger partial charge on any atom is 0.120 e. The lowest BCUT2D eigenvalue weighted by Crippen LogP contribution is -2.43. The number of benzene rings is 1. The largest absolute Gasteiger partial charge is 0.494 e. The van der Waals surface area contributed by atoms with Crippen LogP contribution in [-0.2, 0) is 0 Å². The van der Waals surface area contributed by atoms with E-state index in [-0.39, 0.29) is 24.8 Å². The van der Waals surface area contributed by atoms with Gasteiger partial charge in [0.1, 0.15) is 5.75 Å². The highest BCUT2D eigenvalue weighted by atomic mass is 127. The van der Waals surface area contributed by atoms with Gasteiger partial charge in [0.05, 0.1) is 6.61 Å². The lowest BCUT2D eigenvalue weighted by atomic mass is 10.1. The number of nitrogens with zero attached hydrogens (tertiary/aromatic N) is 1. The third-order valence-electron chi connectivity index (χ3n) is 3.23. The third kappa shape index (κ3) is 7.31. The van der Waals surface area contributed by atoms with Gasteiger partial charge < -0.3 is 15.4 Å². The van der Waals surface area contributed by atoms with Crippen molar-refractivity contribution in [2.75, 3.05) is 26.2 Å². The molecule has 1 saturated heterocycles. The van der Waals surface area contributed by atoms with Gasteiger partial charge in [-0.25, -0.2) is 0 Å². The van der Waals surface area contributed by atoms with Crippen molar-refractivity contribution in [3.8, 4) is 5.75 Å². The van der Waals surface area contributed by atoms with Crippen molar-refractivity contribution in [1.82, 2.24) is 4.90 Å². The molecule has 0 amide bonds. The van der Waals surface area contributed by atoms with Gasteiger partial charge in [0.15, 0.2) is 0 Å². The van der Waals surface area contributed by atoms with E-state index in [4.69, 9.17) is 10.5 Å². The minimum atomic E-state index is 0. The first-order chi connectivity index (χ1) is 8.74. The second-order valence-electron chi connectivity index (χ2n) is 4.86. The molecule has 6 heteroatoms. The Morgan fingerprint density at radius 2 is 2.15 bits per heavy atom. The highest BCUT2D eigenvalue weighted by molar-refractivity contribution is 14.1. The summed E-state index contributed by atoms with van der Waals surface area (Å²) < 4.78 is 6.96. The van der Waals surface area contributed by atoms with Crippen LogP contribution in [0.5, 0.6) is 5.75 Å². The highest BCUT2D eigenvalue weighted by Gasteiger charge is 2.15. The zero-order chi connectivity index (χ0) is 12.8. The summed E-state index contributed by atoms with van der Waals surface area (Å²) in [6.07, 6.45) is 3.48. The molecule has 0 bridgehead atoms. The predicted molar refractivity (Wildman–Crippen MR) is 97.4 cm³/mol. The minimum Gasteiger partial charge on any atom is -0.494 e. The number of halogens is 3. The molecule has 1 aliphatic heterocycles. The summed E-state index contributed by atoms with van der Waals surface area (Å²) in [5.41, 5.74) is 5.96. The summed E-state index contributed by atoms with van der Waals surface area (Å²) in [4.78, 5) is 2.45. The van der Waals surface area contributed by atoms with Gasteiger partial charge in [0.2, 0.25) is 0 Å². The Labute approximate surface area is 147 Å². The number of nitrogens with two attached hydrogens (primary N) is 1. The van der Waals surface area contributed by atoms with Gasteiger partial charge in [0, 0.05) is 22.7 Å². The van der Waals surface area contributed by atoms with Crippen LogP contribution in [0.25, 0.3) is 0 Å². The number of hydrogen-bond acceptors (Lipinski definition) is 3. The Morgan fingerprint density at radius 1 is 1.35 bits per heavy atom. The first kappa shape index (κ1) is 20.2. The van der Waals surface area contributed by atoms with Crippen LogP contribution in [-0.4, -0.2) is 37.2 Å². The van der Waals surface area contributed by atoms with E-state index in [0.29, 0.717) is 6.04 Å². The van der Waals surface area contributed by atoms with Crippen LogP contribution in [0.1, 0.15) is 19.3 Å². The third-order valence-corrected chi connectivity index (χ3v) is 3.90. The summed E-state index contributed by atoms with van der Waals surface area (Å²) in [6, 6.07) is 8.55. The molecule has 1 aliphatic rings. The van der Waals surface area contributed by atoms with Gasteiger partial charge in [-0.05, 0) is 66.6 Å². The predicted octanol–water partition coefficient (Wildman–Crippen LogP) is 3.33. The molecule has 2 N–H and O–H groups in total. The maximum atomic E-state index is 5.96. The fourth-order valence-corrected chi connectivity index (χ4v) is 2.84. The van der Waals surface area contributed by atoms with E-state index < -0.39 is 0 Å². The molecule has 116 valence electrons. The van der Waals surface area contributed by atoms with Gasteiger partial charge in [0.25, 0.3) is 0 Å². The van der Waals surface area contributed by atoms with E-state index in [1.54, 1.807) is 0 Å². The van der Waals surface area contributed by atoms with Gasteiger partial charge in [-0.2, -0.15) is 0 Å². The first-order valence-corrected chi connectivity index (χ1v) is 7.68. The maximum absolute atomic E-state index is 5.96. The molecule has 1 fully saturated rings. The molecule has 1 aromatic rings. The Balaban J connectivity index is 0.00000180. The fraction of sp³-hybridized carbons (Fsp3) is 0.571. The zero-order valence-corrected chi connectivity index (χ0v) is 15.3. The lowest BCUT2D eigenvalue weighted by Gasteiger charge is -2.30. The van der Waals surface area contributed by atoms with E-state index in [1.807, 2.05) is 12.1 Å². The van der Waals surface area contributed by atoms with E-state index in [1.165, 1.54) is 23.0 Å². The molecule has 3 nitrogen and oxygen atoms in total. The van der Waals surface area contributed by atoms with Gasteiger partial charge >= 0.3 is 0 Å². The summed E-state index contributed by atoms with van der Waals surface area (Å²) in [6.45, 7) is 4.11. The van der Waals surface area contributed by atoms with Crippen LogP contribution in [0.15, 0.2) is 24.3 Å². The number of piperidine rings is 1. The first-order valence-electron chi connectivity index (χ1n) is 6.60. The number of rotatable bonds is 5. The standard InChI is InChI=1S/C14H21IN2O.2ClH/c15-12-4-1-6-14(10-12)18-9-3-8-17-7-2-5-13(16)11-17;;/h1,4,6,10,13H,2-3,5,7-9,11,16H2;2*1H/t13-;;/m0../s1. The van der Waals surface area contributed by atoms with Crippen LogP contribution >= 0.6 is 47.4 Å². The van der Waals surface area contributed by atoms with Gasteiger partial charge in [-0.1, -0.05) is 6.07 Å². The van der Waals surface area contributed by atoms with Crippen LogP contribution in [0.3, 0.4) is 0 Å². The molecule has 0 spiro atoms. The smallest absolute Gasteiger partial charge is 0.120 e. The van der Waals surface area contributed by atoms with Crippen molar-refractivity contribution in [3.63, 3.8) is 0 Å². The van der Waals surface area contributed by atoms with Crippen LogP contribution in [0.2, 0.25) is 0 Å². The molecular formula is C14H23Cl2IN2O. The van der Waals surface area contributed by atoms with E-state index in [9.17, 15) is 0 Å². The summed E-state index contributed by atoms with van der Waals surface area (Å²) in [5.74, 6) is 0.970. The molecule has 0 unspecified atom stereocenters. The van der Waals surface area contributed by atoms with Crippen LogP contribution in [0.4, 0.5) is 0 Å². The Bertz CT molecular complexity index is 382. The summed E-state index contributed by atoms with van der Waals surface area (Å²) >= 11 is 2.30. The molecule has 0 radical (unpaired) electrons. The topological polar surface area (TPSA) is 38.5 Å². The molecule has 1 atom stereocenters. The molecule has 0 aromatic heterocycles. The second kappa shape index (κ2) is 10.9. The van der Waals surface area contributed by atoms with E-state index in [2.05, 4.69) is 39.6 Å². The molecule has 0 aliphatic carbocycles. The molecule has 2 rings (SSSR count). The van der Waals surface area contributed by atoms with E-state index >= 15 is 0 Å². The van der Waals surface area contributed by atoms with Crippen molar-refractivity contribution in [1.29, 1.82) is 0 Å². The molecule has 1 aromatic carbocycles. The number of likely N-dealkylation sites (tertiary alicyclic amines) is 1. The van der Waals surface area contributed by atoms with E-state index in [0.717, 1.165) is 31.9 Å². The Hall–Kier alpha value is 0.250. The quantitative estimate of drug-likeness (QED) is 0.572. The SMILES string of the molecule is Cl.Cl.N[C@H]1CCCN(CCCOc2cccc(I)c2)C1. The van der Waals surface area contributed by atoms with Gasteiger partial charge in [-0.15, -0.1) is 24.8 Å². The number of ether oxygens (including phenoxy) is 1. The van der Waals surface area contributed by atoms with Crippen molar-refractivity contribution in [3.05, 3.63) is 27.8 Å². The van der Waals surface area contributed by atoms with Crippen LogP contribution < -0.4 is 10.5 Å². The van der Waals surface area contributed by atoms with Gasteiger partial charge in [-0.3, -0.25) is 0 Å². The average Bonchev–Trinajstić information content (AvgIpc) is 2.35. The Morgan fingerprint density at radius 3 is 2.85 bits per heavy atom. The minimum absolute atomic E-state index is 0. The monoisotopic (exact) mass is 432 g/mol. The van der Waals surface area contributed by atoms with Crippen molar-refractivity contribution in [2.45, 2.75) is 25.3 Å². The van der Waals surface area contributed by atoms with Crippen molar-refractivity contribution >= 4 is 47.4 Å². The summed E-state index contributed by atoms with van der Waals surface area (Å²) in [5, 5.41) is 0. The highest BCUT2D eigenvalue weighted by Crippen LogP contribution is 2.15. The summed E-state index contributed by atoms with van der Waals surface area (Å²) in [7, 11) is 0. The second-order valence-corrected chi connectivity index (χ2v) is 6.11. The molecular weight excluding hydrogens is 410 g/mol. The number of hydrogen-bond donors (Lipinski definition) is 1. The van der Waals surface area contributed by atoms with Crippen LogP contribution in [0, 0.1) is 3.57 Å². The molecule has 20 heavy (non-hydrogen) atoms.